The average Bonchev–Trinajstić information content (AvgIpc) is 3.14. The van der Waals surface area contributed by atoms with Gasteiger partial charge in [-0.15, -0.1) is 0 Å². The topological polar surface area (TPSA) is 134 Å². The SMILES string of the molecule is CCCC/C=C\CCCCCCCC(=O)OCC(COP(=O)(O)OCCN)OC(=O)CCCCCCCC/C=C\C/C=C\C/C=C\CCCCCCC. The number of rotatable bonds is 39. The molecule has 0 fully saturated rings. The summed E-state index contributed by atoms with van der Waals surface area (Å²) in [4.78, 5) is 34.8. The number of carbonyl (C=O) groups excluding carboxylic acids is 2. The van der Waals surface area contributed by atoms with Crippen molar-refractivity contribution in [1.29, 1.82) is 0 Å². The zero-order valence-electron chi connectivity index (χ0n) is 33.7. The molecule has 0 aromatic rings. The predicted octanol–water partition coefficient (Wildman–Crippen LogP) is 11.9. The standard InChI is InChI=1S/C43H78NO8P/c1-3-5-7-9-11-13-15-16-17-18-19-20-21-22-23-24-26-28-30-32-34-36-43(46)52-41(40-51-53(47,48)50-38-37-44)39-49-42(45)35-33-31-29-27-25-14-12-10-8-6-4-2/h10,12,15-16,18-19,21-22,41H,3-9,11,13-14,17,20,23-40,44H2,1-2H3,(H,47,48)/b12-10-,16-15-,19-18-,22-21-. The van der Waals surface area contributed by atoms with Crippen molar-refractivity contribution in [2.75, 3.05) is 26.4 Å². The number of nitrogens with two attached hydrogens (primary N) is 1. The number of esters is 2. The van der Waals surface area contributed by atoms with Crippen LogP contribution in [-0.2, 0) is 32.7 Å². The number of ether oxygens (including phenoxy) is 2. The van der Waals surface area contributed by atoms with Crippen LogP contribution in [0.5, 0.6) is 0 Å². The number of allylic oxidation sites excluding steroid dienone is 8. The van der Waals surface area contributed by atoms with Crippen LogP contribution in [0.1, 0.15) is 181 Å². The molecule has 0 spiro atoms. The molecule has 0 aromatic heterocycles. The van der Waals surface area contributed by atoms with Crippen LogP contribution in [0.15, 0.2) is 48.6 Å². The smallest absolute Gasteiger partial charge is 0.462 e. The molecule has 0 saturated heterocycles. The largest absolute Gasteiger partial charge is 0.472 e. The maximum absolute atomic E-state index is 12.6. The Morgan fingerprint density at radius 2 is 1.00 bits per heavy atom. The van der Waals surface area contributed by atoms with Crippen molar-refractivity contribution in [1.82, 2.24) is 0 Å². The first-order valence-corrected chi connectivity index (χ1v) is 22.6. The minimum Gasteiger partial charge on any atom is -0.462 e. The van der Waals surface area contributed by atoms with Crippen LogP contribution in [0.25, 0.3) is 0 Å². The van der Waals surface area contributed by atoms with Gasteiger partial charge < -0.3 is 20.1 Å². The van der Waals surface area contributed by atoms with Gasteiger partial charge in [0.05, 0.1) is 13.2 Å². The zero-order valence-corrected chi connectivity index (χ0v) is 34.6. The van der Waals surface area contributed by atoms with Crippen molar-refractivity contribution in [2.24, 2.45) is 5.73 Å². The molecule has 2 unspecified atom stereocenters. The quantitative estimate of drug-likeness (QED) is 0.0271. The highest BCUT2D eigenvalue weighted by molar-refractivity contribution is 7.47. The molecule has 0 saturated carbocycles. The van der Waals surface area contributed by atoms with Crippen molar-refractivity contribution < 1.29 is 37.6 Å². The van der Waals surface area contributed by atoms with E-state index in [1.807, 2.05) is 0 Å². The van der Waals surface area contributed by atoms with E-state index in [1.165, 1.54) is 51.4 Å². The first kappa shape index (κ1) is 51.0. The van der Waals surface area contributed by atoms with Gasteiger partial charge in [0.25, 0.3) is 0 Å². The van der Waals surface area contributed by atoms with E-state index in [9.17, 15) is 19.0 Å². The van der Waals surface area contributed by atoms with Gasteiger partial charge in [-0.2, -0.15) is 0 Å². The van der Waals surface area contributed by atoms with Crippen molar-refractivity contribution in [3.63, 3.8) is 0 Å². The maximum Gasteiger partial charge on any atom is 0.472 e. The first-order valence-electron chi connectivity index (χ1n) is 21.1. The molecule has 9 nitrogen and oxygen atoms in total. The fraction of sp³-hybridized carbons (Fsp3) is 0.767. The summed E-state index contributed by atoms with van der Waals surface area (Å²) in [5.74, 6) is -0.857. The molecule has 0 aromatic carbocycles. The minimum atomic E-state index is -4.38. The molecule has 0 radical (unpaired) electrons. The van der Waals surface area contributed by atoms with Crippen LogP contribution < -0.4 is 5.73 Å². The molecule has 0 aliphatic heterocycles. The summed E-state index contributed by atoms with van der Waals surface area (Å²) in [7, 11) is -4.38. The Morgan fingerprint density at radius 1 is 0.566 bits per heavy atom. The van der Waals surface area contributed by atoms with E-state index < -0.39 is 32.5 Å². The second-order valence-corrected chi connectivity index (χ2v) is 15.3. The molecule has 53 heavy (non-hydrogen) atoms. The molecular formula is C43H78NO8P. The lowest BCUT2D eigenvalue weighted by Crippen LogP contribution is -2.29. The van der Waals surface area contributed by atoms with Crippen LogP contribution in [0, 0.1) is 0 Å². The molecule has 0 aliphatic rings. The third kappa shape index (κ3) is 39.5. The van der Waals surface area contributed by atoms with Gasteiger partial charge in [0.15, 0.2) is 6.10 Å². The number of unbranched alkanes of at least 4 members (excludes halogenated alkanes) is 18. The van der Waals surface area contributed by atoms with Gasteiger partial charge in [-0.1, -0.05) is 146 Å². The Kier molecular flexibility index (Phi) is 38.1. The van der Waals surface area contributed by atoms with Crippen LogP contribution in [0.3, 0.4) is 0 Å². The Bertz CT molecular complexity index is 1010. The summed E-state index contributed by atoms with van der Waals surface area (Å²) in [6.45, 7) is 3.64. The Hall–Kier alpha value is -2.03. The van der Waals surface area contributed by atoms with Gasteiger partial charge in [0.1, 0.15) is 6.61 Å². The van der Waals surface area contributed by atoms with Gasteiger partial charge in [-0.05, 0) is 70.6 Å². The lowest BCUT2D eigenvalue weighted by molar-refractivity contribution is -0.161. The summed E-state index contributed by atoms with van der Waals surface area (Å²) in [6, 6.07) is 0. The van der Waals surface area contributed by atoms with Crippen molar-refractivity contribution in [3.05, 3.63) is 48.6 Å². The average molecular weight is 768 g/mol. The normalized spacial score (nSPS) is 13.8. The highest BCUT2D eigenvalue weighted by atomic mass is 31.2. The summed E-state index contributed by atoms with van der Waals surface area (Å²) in [6.07, 6.45) is 44.3. The predicted molar refractivity (Wildman–Crippen MR) is 220 cm³/mol. The van der Waals surface area contributed by atoms with Crippen LogP contribution in [0.2, 0.25) is 0 Å². The maximum atomic E-state index is 12.6. The molecule has 308 valence electrons. The molecule has 0 amide bonds. The Morgan fingerprint density at radius 3 is 1.53 bits per heavy atom. The van der Waals surface area contributed by atoms with Gasteiger partial charge in [-0.3, -0.25) is 18.6 Å². The molecule has 0 heterocycles. The summed E-state index contributed by atoms with van der Waals surface area (Å²) in [5.41, 5.74) is 5.34. The van der Waals surface area contributed by atoms with Crippen molar-refractivity contribution in [2.45, 2.75) is 187 Å². The summed E-state index contributed by atoms with van der Waals surface area (Å²) >= 11 is 0. The summed E-state index contributed by atoms with van der Waals surface area (Å²) < 4.78 is 32.7. The number of carbonyl (C=O) groups is 2. The van der Waals surface area contributed by atoms with E-state index in [4.69, 9.17) is 24.3 Å². The fourth-order valence-corrected chi connectivity index (χ4v) is 6.27. The zero-order chi connectivity index (χ0) is 38.9. The van der Waals surface area contributed by atoms with E-state index in [-0.39, 0.29) is 32.6 Å². The monoisotopic (exact) mass is 768 g/mol. The van der Waals surface area contributed by atoms with Crippen molar-refractivity contribution >= 4 is 19.8 Å². The minimum absolute atomic E-state index is 0.0483. The third-order valence-corrected chi connectivity index (χ3v) is 9.67. The van der Waals surface area contributed by atoms with Gasteiger partial charge in [0.2, 0.25) is 0 Å². The van der Waals surface area contributed by atoms with Gasteiger partial charge >= 0.3 is 19.8 Å². The number of phosphoric ester groups is 1. The fourth-order valence-electron chi connectivity index (χ4n) is 5.50. The lowest BCUT2D eigenvalue weighted by atomic mass is 10.1. The molecule has 3 N–H and O–H groups in total. The second kappa shape index (κ2) is 39.7. The number of phosphoric acid groups is 1. The van der Waals surface area contributed by atoms with E-state index >= 15 is 0 Å². The molecular weight excluding hydrogens is 689 g/mol. The van der Waals surface area contributed by atoms with Gasteiger partial charge in [0, 0.05) is 19.4 Å². The number of hydrogen-bond acceptors (Lipinski definition) is 8. The molecule has 0 aliphatic carbocycles. The van der Waals surface area contributed by atoms with Crippen LogP contribution in [-0.4, -0.2) is 49.3 Å². The highest BCUT2D eigenvalue weighted by Crippen LogP contribution is 2.43. The first-order chi connectivity index (χ1) is 25.8. The van der Waals surface area contributed by atoms with Crippen LogP contribution in [0.4, 0.5) is 0 Å². The van der Waals surface area contributed by atoms with Gasteiger partial charge in [-0.25, -0.2) is 4.57 Å². The molecule has 0 bridgehead atoms. The van der Waals surface area contributed by atoms with E-state index in [0.29, 0.717) is 6.42 Å². The van der Waals surface area contributed by atoms with E-state index in [0.717, 1.165) is 96.3 Å². The van der Waals surface area contributed by atoms with Crippen LogP contribution >= 0.6 is 7.82 Å². The highest BCUT2D eigenvalue weighted by Gasteiger charge is 2.26. The van der Waals surface area contributed by atoms with E-state index in [1.54, 1.807) is 0 Å². The molecule has 0 rings (SSSR count). The Labute approximate surface area is 324 Å². The second-order valence-electron chi connectivity index (χ2n) is 13.8. The molecule has 2 atom stereocenters. The van der Waals surface area contributed by atoms with E-state index in [2.05, 4.69) is 62.5 Å². The third-order valence-electron chi connectivity index (χ3n) is 8.69. The lowest BCUT2D eigenvalue weighted by Gasteiger charge is -2.19. The summed E-state index contributed by atoms with van der Waals surface area (Å²) in [5, 5.41) is 0. The molecule has 10 heteroatoms. The van der Waals surface area contributed by atoms with Crippen molar-refractivity contribution in [3.8, 4) is 0 Å². The Balaban J connectivity index is 4.17. The number of hydrogen-bond donors (Lipinski definition) is 2.